The Kier molecular flexibility index (Phi) is 4.80. The fraction of sp³-hybridized carbons (Fsp3) is 0.364. The van der Waals surface area contributed by atoms with Crippen LogP contribution in [0.5, 0.6) is 0 Å². The van der Waals surface area contributed by atoms with Crippen LogP contribution in [0.3, 0.4) is 0 Å². The molecule has 0 atom stereocenters. The molecule has 7 heteroatoms. The summed E-state index contributed by atoms with van der Waals surface area (Å²) in [5, 5.41) is 8.48. The molecule has 100 valence electrons. The molecule has 0 aromatic heterocycles. The molecule has 0 bridgehead atoms. The zero-order valence-corrected chi connectivity index (χ0v) is 12.9. The zero-order valence-electron chi connectivity index (χ0n) is 9.78. The Hall–Kier alpha value is -0.590. The number of benzene rings is 1. The Morgan fingerprint density at radius 1 is 1.44 bits per heavy atom. The number of carboxylic acid groups (broad SMARTS) is 1. The van der Waals surface area contributed by atoms with Crippen LogP contribution in [0.15, 0.2) is 17.0 Å². The topological polar surface area (TPSA) is 71.4 Å². The van der Waals surface area contributed by atoms with E-state index in [2.05, 4.69) is 15.9 Å². The van der Waals surface area contributed by atoms with Crippen LogP contribution in [-0.4, -0.2) is 24.7 Å². The fourth-order valence-electron chi connectivity index (χ4n) is 1.41. The predicted octanol–water partition coefficient (Wildman–Crippen LogP) is 3.12. The number of hydrogen-bond acceptors (Lipinski definition) is 3. The molecule has 18 heavy (non-hydrogen) atoms. The summed E-state index contributed by atoms with van der Waals surface area (Å²) in [6, 6.07) is 2.51. The number of halogens is 2. The highest BCUT2D eigenvalue weighted by atomic mass is 79.9. The number of sulfone groups is 1. The van der Waals surface area contributed by atoms with Crippen LogP contribution in [0.4, 0.5) is 0 Å². The van der Waals surface area contributed by atoms with Crippen molar-refractivity contribution >= 4 is 43.3 Å². The van der Waals surface area contributed by atoms with E-state index in [0.29, 0.717) is 0 Å². The van der Waals surface area contributed by atoms with Gasteiger partial charge in [-0.3, -0.25) is 0 Å². The smallest absolute Gasteiger partial charge is 0.337 e. The summed E-state index contributed by atoms with van der Waals surface area (Å²) in [6.07, 6.45) is 0. The van der Waals surface area contributed by atoms with Crippen molar-refractivity contribution in [3.8, 4) is 0 Å². The second-order valence-corrected chi connectivity index (χ2v) is 7.35. The Balaban J connectivity index is 3.60. The second kappa shape index (κ2) is 5.59. The average Bonchev–Trinajstić information content (AvgIpc) is 2.27. The molecule has 0 saturated carbocycles. The van der Waals surface area contributed by atoms with E-state index < -0.39 is 21.1 Å². The number of hydrogen-bond donors (Lipinski definition) is 1. The summed E-state index contributed by atoms with van der Waals surface area (Å²) in [5.41, 5.74) is 0.180. The second-order valence-electron chi connectivity index (χ2n) is 3.94. The number of aromatic carboxylic acids is 1. The molecule has 0 aliphatic rings. The van der Waals surface area contributed by atoms with E-state index in [0.717, 1.165) is 0 Å². The number of carboxylic acids is 1. The first kappa shape index (κ1) is 15.5. The van der Waals surface area contributed by atoms with Gasteiger partial charge in [0, 0.05) is 10.9 Å². The van der Waals surface area contributed by atoms with Crippen molar-refractivity contribution in [3.63, 3.8) is 0 Å². The van der Waals surface area contributed by atoms with Crippen molar-refractivity contribution < 1.29 is 18.3 Å². The summed E-state index contributed by atoms with van der Waals surface area (Å²) in [5.74, 6) is -1.18. The fourth-order valence-corrected chi connectivity index (χ4v) is 3.99. The quantitative estimate of drug-likeness (QED) is 0.842. The third kappa shape index (κ3) is 2.70. The highest BCUT2D eigenvalue weighted by Gasteiger charge is 2.26. The van der Waals surface area contributed by atoms with Gasteiger partial charge in [0.2, 0.25) is 0 Å². The maximum Gasteiger partial charge on any atom is 0.337 e. The highest BCUT2D eigenvalue weighted by molar-refractivity contribution is 9.08. The van der Waals surface area contributed by atoms with E-state index in [9.17, 15) is 13.2 Å². The minimum Gasteiger partial charge on any atom is -0.478 e. The van der Waals surface area contributed by atoms with Gasteiger partial charge >= 0.3 is 5.97 Å². The third-order valence-electron chi connectivity index (χ3n) is 2.49. The lowest BCUT2D eigenvalue weighted by Crippen LogP contribution is -2.16. The van der Waals surface area contributed by atoms with Crippen LogP contribution in [0, 0.1) is 0 Å². The molecule has 0 saturated heterocycles. The normalized spacial score (nSPS) is 11.8. The average molecular weight is 356 g/mol. The van der Waals surface area contributed by atoms with Crippen molar-refractivity contribution in [2.24, 2.45) is 0 Å². The van der Waals surface area contributed by atoms with E-state index in [-0.39, 0.29) is 26.4 Å². The van der Waals surface area contributed by atoms with Crippen LogP contribution in [0.25, 0.3) is 0 Å². The van der Waals surface area contributed by atoms with Gasteiger partial charge in [0.15, 0.2) is 9.84 Å². The molecule has 0 radical (unpaired) electrons. The molecule has 4 nitrogen and oxygen atoms in total. The summed E-state index contributed by atoms with van der Waals surface area (Å²) < 4.78 is 24.2. The van der Waals surface area contributed by atoms with Crippen molar-refractivity contribution in [1.29, 1.82) is 0 Å². The number of rotatable bonds is 4. The maximum atomic E-state index is 12.1. The lowest BCUT2D eigenvalue weighted by Gasteiger charge is -2.14. The Morgan fingerprint density at radius 3 is 2.39 bits per heavy atom. The molecule has 1 rings (SSSR count). The van der Waals surface area contributed by atoms with E-state index in [4.69, 9.17) is 16.7 Å². The molecular formula is C11H12BrClO4S. The van der Waals surface area contributed by atoms with Gasteiger partial charge in [-0.15, -0.1) is 0 Å². The first-order valence-electron chi connectivity index (χ1n) is 5.08. The van der Waals surface area contributed by atoms with Gasteiger partial charge in [0.1, 0.15) is 0 Å². The molecule has 0 aliphatic heterocycles. The van der Waals surface area contributed by atoms with Gasteiger partial charge in [0.05, 0.1) is 20.7 Å². The lowest BCUT2D eigenvalue weighted by atomic mass is 10.1. The minimum absolute atomic E-state index is 0.0406. The van der Waals surface area contributed by atoms with E-state index >= 15 is 0 Å². The SMILES string of the molecule is CC(C)S(=O)(=O)c1ccc(C(=O)O)c(Cl)c1CBr. The molecule has 0 amide bonds. The van der Waals surface area contributed by atoms with Crippen molar-refractivity contribution in [2.75, 3.05) is 0 Å². The van der Waals surface area contributed by atoms with Crippen LogP contribution in [0.2, 0.25) is 5.02 Å². The highest BCUT2D eigenvalue weighted by Crippen LogP contribution is 2.31. The molecule has 0 spiro atoms. The minimum atomic E-state index is -3.49. The largest absolute Gasteiger partial charge is 0.478 e. The van der Waals surface area contributed by atoms with Crippen molar-refractivity contribution in [1.82, 2.24) is 0 Å². The summed E-state index contributed by atoms with van der Waals surface area (Å²) in [6.45, 7) is 3.12. The molecule has 0 heterocycles. The van der Waals surface area contributed by atoms with Gasteiger partial charge in [-0.05, 0) is 26.0 Å². The van der Waals surface area contributed by atoms with E-state index in [1.165, 1.54) is 12.1 Å². The molecule has 1 N–H and O–H groups in total. The summed E-state index contributed by atoms with van der Waals surface area (Å²) in [4.78, 5) is 11.0. The number of carbonyl (C=O) groups is 1. The number of alkyl halides is 1. The molecular weight excluding hydrogens is 344 g/mol. The van der Waals surface area contributed by atoms with Gasteiger partial charge < -0.3 is 5.11 Å². The van der Waals surface area contributed by atoms with Crippen molar-refractivity contribution in [2.45, 2.75) is 29.3 Å². The van der Waals surface area contributed by atoms with Crippen LogP contribution in [-0.2, 0) is 15.2 Å². The van der Waals surface area contributed by atoms with Crippen LogP contribution in [0.1, 0.15) is 29.8 Å². The van der Waals surface area contributed by atoms with Crippen LogP contribution < -0.4 is 0 Å². The Labute approximate surface area is 119 Å². The van der Waals surface area contributed by atoms with Gasteiger partial charge in [-0.1, -0.05) is 27.5 Å². The zero-order chi connectivity index (χ0) is 14.1. The molecule has 0 unspecified atom stereocenters. The van der Waals surface area contributed by atoms with Crippen molar-refractivity contribution in [3.05, 3.63) is 28.3 Å². The standard InChI is InChI=1S/C11H12BrClO4S/c1-6(2)18(16,17)9-4-3-7(11(14)15)10(13)8(9)5-12/h3-4,6H,5H2,1-2H3,(H,14,15). The summed E-state index contributed by atoms with van der Waals surface area (Å²) >= 11 is 9.09. The summed E-state index contributed by atoms with van der Waals surface area (Å²) in [7, 11) is -3.49. The van der Waals surface area contributed by atoms with E-state index in [1.54, 1.807) is 13.8 Å². The first-order chi connectivity index (χ1) is 8.23. The monoisotopic (exact) mass is 354 g/mol. The Bertz CT molecular complexity index is 581. The van der Waals surface area contributed by atoms with Crippen LogP contribution >= 0.6 is 27.5 Å². The third-order valence-corrected chi connectivity index (χ3v) is 5.72. The predicted molar refractivity (Wildman–Crippen MR) is 73.4 cm³/mol. The lowest BCUT2D eigenvalue weighted by molar-refractivity contribution is 0.0697. The first-order valence-corrected chi connectivity index (χ1v) is 8.12. The van der Waals surface area contributed by atoms with E-state index in [1.807, 2.05) is 0 Å². The van der Waals surface area contributed by atoms with Gasteiger partial charge in [-0.2, -0.15) is 0 Å². The molecule has 0 aliphatic carbocycles. The maximum absolute atomic E-state index is 12.1. The molecule has 0 fully saturated rings. The van der Waals surface area contributed by atoms with Gasteiger partial charge in [-0.25, -0.2) is 13.2 Å². The van der Waals surface area contributed by atoms with Gasteiger partial charge in [0.25, 0.3) is 0 Å². The molecule has 1 aromatic carbocycles. The molecule has 1 aromatic rings. The Morgan fingerprint density at radius 2 is 2.00 bits per heavy atom.